The van der Waals surface area contributed by atoms with Crippen LogP contribution in [0.25, 0.3) is 0 Å². The molecule has 4 rings (SSSR count). The molecule has 0 spiro atoms. The number of piperidine rings is 1. The van der Waals surface area contributed by atoms with E-state index >= 15 is 0 Å². The molecule has 1 N–H and O–H groups in total. The van der Waals surface area contributed by atoms with Crippen LogP contribution in [0.2, 0.25) is 0 Å². The Kier molecular flexibility index (Phi) is 6.70. The monoisotopic (exact) mass is 404 g/mol. The number of urea groups is 1. The van der Waals surface area contributed by atoms with Crippen molar-refractivity contribution in [2.24, 2.45) is 23.7 Å². The number of carbonyl (C=O) groups excluding carboxylic acids is 2. The summed E-state index contributed by atoms with van der Waals surface area (Å²) in [6.07, 6.45) is 15.3. The topological polar surface area (TPSA) is 58.6 Å². The molecule has 4 fully saturated rings. The van der Waals surface area contributed by atoms with Crippen LogP contribution < -0.4 is 5.32 Å². The van der Waals surface area contributed by atoms with Gasteiger partial charge < -0.3 is 15.0 Å². The number of cyclic esters (lactones) is 1. The van der Waals surface area contributed by atoms with Crippen molar-refractivity contribution >= 4 is 12.0 Å². The van der Waals surface area contributed by atoms with E-state index in [1.54, 1.807) is 0 Å². The van der Waals surface area contributed by atoms with Gasteiger partial charge in [0.2, 0.25) is 0 Å². The molecule has 164 valence electrons. The van der Waals surface area contributed by atoms with Gasteiger partial charge in [-0.1, -0.05) is 51.9 Å². The summed E-state index contributed by atoms with van der Waals surface area (Å²) in [4.78, 5) is 27.8. The van der Waals surface area contributed by atoms with Gasteiger partial charge >= 0.3 is 12.0 Å². The molecule has 2 aliphatic heterocycles. The van der Waals surface area contributed by atoms with Crippen LogP contribution in [-0.4, -0.2) is 42.1 Å². The smallest absolute Gasteiger partial charge is 0.317 e. The molecule has 0 aromatic heterocycles. The van der Waals surface area contributed by atoms with Gasteiger partial charge in [0.25, 0.3) is 0 Å². The van der Waals surface area contributed by atoms with Gasteiger partial charge in [-0.15, -0.1) is 0 Å². The summed E-state index contributed by atoms with van der Waals surface area (Å²) in [5.41, 5.74) is -0.315. The first-order valence-electron chi connectivity index (χ1n) is 12.4. The lowest BCUT2D eigenvalue weighted by atomic mass is 9.59. The molecule has 0 aromatic carbocycles. The number of ether oxygens (including phenoxy) is 1. The van der Waals surface area contributed by atoms with Crippen molar-refractivity contribution in [3.05, 3.63) is 0 Å². The number of amides is 2. The molecule has 2 heterocycles. The van der Waals surface area contributed by atoms with Gasteiger partial charge in [0.15, 0.2) is 0 Å². The highest BCUT2D eigenvalue weighted by Crippen LogP contribution is 2.56. The second kappa shape index (κ2) is 9.26. The van der Waals surface area contributed by atoms with Crippen LogP contribution >= 0.6 is 0 Å². The van der Waals surface area contributed by atoms with E-state index in [9.17, 15) is 9.59 Å². The number of nitrogens with one attached hydrogen (secondary N) is 1. The van der Waals surface area contributed by atoms with Crippen molar-refractivity contribution in [1.29, 1.82) is 0 Å². The molecule has 2 atom stereocenters. The Hall–Kier alpha value is -1.26. The van der Waals surface area contributed by atoms with Gasteiger partial charge in [0.1, 0.15) is 5.60 Å². The average Bonchev–Trinajstić information content (AvgIpc) is 3.08. The number of likely N-dealkylation sites (tertiary alicyclic amines) is 1. The van der Waals surface area contributed by atoms with Gasteiger partial charge in [-0.25, -0.2) is 4.79 Å². The Morgan fingerprint density at radius 1 is 1.03 bits per heavy atom. The zero-order valence-corrected chi connectivity index (χ0v) is 18.3. The molecule has 29 heavy (non-hydrogen) atoms. The van der Waals surface area contributed by atoms with E-state index in [2.05, 4.69) is 12.2 Å². The number of hydrogen-bond acceptors (Lipinski definition) is 3. The summed E-state index contributed by atoms with van der Waals surface area (Å²) in [5.74, 6) is 1.20. The fraction of sp³-hybridized carbons (Fsp3) is 0.917. The lowest BCUT2D eigenvalue weighted by Gasteiger charge is -2.50. The van der Waals surface area contributed by atoms with Crippen LogP contribution in [0.15, 0.2) is 0 Å². The number of esters is 1. The Labute approximate surface area is 176 Å². The van der Waals surface area contributed by atoms with Gasteiger partial charge in [0, 0.05) is 25.6 Å². The van der Waals surface area contributed by atoms with Gasteiger partial charge in [-0.05, 0) is 50.4 Å². The molecular formula is C24H40N2O3. The fourth-order valence-electron chi connectivity index (χ4n) is 6.90. The third-order valence-corrected chi connectivity index (χ3v) is 8.35. The predicted octanol–water partition coefficient (Wildman–Crippen LogP) is 4.89. The van der Waals surface area contributed by atoms with Crippen LogP contribution in [0.3, 0.4) is 0 Å². The van der Waals surface area contributed by atoms with E-state index in [0.717, 1.165) is 25.8 Å². The molecule has 0 unspecified atom stereocenters. The van der Waals surface area contributed by atoms with Crippen molar-refractivity contribution < 1.29 is 14.3 Å². The maximum Gasteiger partial charge on any atom is 0.317 e. The number of carbonyl (C=O) groups is 2. The van der Waals surface area contributed by atoms with Crippen molar-refractivity contribution in [3.63, 3.8) is 0 Å². The van der Waals surface area contributed by atoms with Crippen LogP contribution in [0.4, 0.5) is 4.79 Å². The molecule has 5 heteroatoms. The summed E-state index contributed by atoms with van der Waals surface area (Å²) < 4.78 is 6.50. The Morgan fingerprint density at radius 2 is 1.66 bits per heavy atom. The van der Waals surface area contributed by atoms with Crippen LogP contribution in [0, 0.1) is 23.7 Å². The number of nitrogens with zero attached hydrogens (tertiary/aromatic N) is 1. The van der Waals surface area contributed by atoms with Gasteiger partial charge in [0.05, 0.1) is 5.92 Å². The normalized spacial score (nSPS) is 30.7. The van der Waals surface area contributed by atoms with E-state index < -0.39 is 0 Å². The quantitative estimate of drug-likeness (QED) is 0.524. The minimum atomic E-state index is -0.315. The molecule has 0 bridgehead atoms. The number of fused-ring (bicyclic) bond motifs is 1. The number of unbranched alkanes of at least 4 members (excludes halogenated alkanes) is 1. The molecule has 2 saturated heterocycles. The van der Waals surface area contributed by atoms with E-state index in [1.807, 2.05) is 4.90 Å². The minimum Gasteiger partial charge on any atom is -0.458 e. The zero-order chi connectivity index (χ0) is 20.3. The third kappa shape index (κ3) is 4.03. The average molecular weight is 405 g/mol. The largest absolute Gasteiger partial charge is 0.458 e. The van der Waals surface area contributed by atoms with Gasteiger partial charge in [-0.3, -0.25) is 4.79 Å². The highest BCUT2D eigenvalue weighted by atomic mass is 16.6. The van der Waals surface area contributed by atoms with Crippen molar-refractivity contribution in [1.82, 2.24) is 10.2 Å². The summed E-state index contributed by atoms with van der Waals surface area (Å²) in [5, 5.41) is 3.09. The second-order valence-corrected chi connectivity index (χ2v) is 9.98. The maximum atomic E-state index is 13.1. The lowest BCUT2D eigenvalue weighted by molar-refractivity contribution is -0.169. The minimum absolute atomic E-state index is 0.00135. The standard InChI is InChI=1S/C24H40N2O3/c1-2-3-15-25-23(28)26-16-14-20-21(17-26)24(29-22(20)27,18-10-6-4-7-11-18)19-12-8-5-9-13-19/h18-21H,2-17H2,1H3,(H,25,28)/t20-,21-/m1/s1. The van der Waals surface area contributed by atoms with Crippen LogP contribution in [0.5, 0.6) is 0 Å². The highest BCUT2D eigenvalue weighted by molar-refractivity contribution is 5.78. The fourth-order valence-corrected chi connectivity index (χ4v) is 6.90. The van der Waals surface area contributed by atoms with Crippen LogP contribution in [-0.2, 0) is 9.53 Å². The van der Waals surface area contributed by atoms with E-state index in [0.29, 0.717) is 24.9 Å². The molecular weight excluding hydrogens is 364 g/mol. The van der Waals surface area contributed by atoms with Crippen molar-refractivity contribution in [2.45, 2.75) is 96.0 Å². The highest BCUT2D eigenvalue weighted by Gasteiger charge is 2.63. The molecule has 2 amide bonds. The number of rotatable bonds is 5. The summed E-state index contributed by atoms with van der Waals surface area (Å²) in [6.45, 7) is 4.26. The first-order valence-corrected chi connectivity index (χ1v) is 12.4. The Balaban J connectivity index is 1.58. The SMILES string of the molecule is CCCCNC(=O)N1CC[C@H]2C(=O)OC(C3CCCCC3)(C3CCCCC3)[C@@H]2C1. The molecule has 4 aliphatic rings. The summed E-state index contributed by atoms with van der Waals surface area (Å²) in [6, 6.07) is 0.0532. The Morgan fingerprint density at radius 3 is 2.24 bits per heavy atom. The predicted molar refractivity (Wildman–Crippen MR) is 113 cm³/mol. The second-order valence-electron chi connectivity index (χ2n) is 9.98. The summed E-state index contributed by atoms with van der Waals surface area (Å²) in [7, 11) is 0. The third-order valence-electron chi connectivity index (χ3n) is 8.35. The molecule has 0 aromatic rings. The lowest BCUT2D eigenvalue weighted by Crippen LogP contribution is -2.58. The van der Waals surface area contributed by atoms with E-state index in [1.165, 1.54) is 64.2 Å². The van der Waals surface area contributed by atoms with E-state index in [4.69, 9.17) is 4.74 Å². The summed E-state index contributed by atoms with van der Waals surface area (Å²) >= 11 is 0. The maximum absolute atomic E-state index is 13.1. The first kappa shape index (κ1) is 21.0. The first-order chi connectivity index (χ1) is 14.2. The zero-order valence-electron chi connectivity index (χ0n) is 18.3. The van der Waals surface area contributed by atoms with Gasteiger partial charge in [-0.2, -0.15) is 0 Å². The molecule has 5 nitrogen and oxygen atoms in total. The van der Waals surface area contributed by atoms with Crippen molar-refractivity contribution in [2.75, 3.05) is 19.6 Å². The Bertz CT molecular complexity index is 563. The molecule has 0 radical (unpaired) electrons. The van der Waals surface area contributed by atoms with Crippen LogP contribution in [0.1, 0.15) is 90.4 Å². The van der Waals surface area contributed by atoms with E-state index in [-0.39, 0.29) is 29.4 Å². The molecule has 2 saturated carbocycles. The molecule has 2 aliphatic carbocycles. The number of hydrogen-bond donors (Lipinski definition) is 1. The van der Waals surface area contributed by atoms with Crippen molar-refractivity contribution in [3.8, 4) is 0 Å².